The highest BCUT2D eigenvalue weighted by Gasteiger charge is 2.23. The maximum Gasteiger partial charge on any atom is 0.231 e. The van der Waals surface area contributed by atoms with Crippen molar-refractivity contribution in [3.05, 3.63) is 0 Å². The van der Waals surface area contributed by atoms with Crippen molar-refractivity contribution >= 4 is 17.8 Å². The Balaban J connectivity index is 2.12. The minimum Gasteiger partial charge on any atom is -0.391 e. The minimum absolute atomic E-state index is 0.00411. The number of anilines is 3. The van der Waals surface area contributed by atoms with Gasteiger partial charge in [-0.3, -0.25) is 0 Å². The molecule has 4 N–H and O–H groups in total. The molecule has 100 valence electrons. The predicted molar refractivity (Wildman–Crippen MR) is 70.5 cm³/mol. The number of hydrogen-bond donors (Lipinski definition) is 3. The van der Waals surface area contributed by atoms with Gasteiger partial charge in [0.25, 0.3) is 0 Å². The highest BCUT2D eigenvalue weighted by molar-refractivity contribution is 5.41. The van der Waals surface area contributed by atoms with Gasteiger partial charge in [0.1, 0.15) is 0 Å². The van der Waals surface area contributed by atoms with E-state index in [1.165, 1.54) is 0 Å². The third-order valence-corrected chi connectivity index (χ3v) is 3.08. The van der Waals surface area contributed by atoms with Crippen LogP contribution in [0, 0.1) is 0 Å². The number of nitrogens with zero attached hydrogens (tertiary/aromatic N) is 4. The van der Waals surface area contributed by atoms with Crippen LogP contribution in [0.5, 0.6) is 0 Å². The lowest BCUT2D eigenvalue weighted by Crippen LogP contribution is -2.37. The lowest BCUT2D eigenvalue weighted by molar-refractivity contribution is 0.116. The number of nitrogen functional groups attached to an aromatic ring is 1. The summed E-state index contributed by atoms with van der Waals surface area (Å²) < 4.78 is 0. The average Bonchev–Trinajstić information content (AvgIpc) is 2.31. The fourth-order valence-corrected chi connectivity index (χ4v) is 2.09. The maximum absolute atomic E-state index is 9.90. The van der Waals surface area contributed by atoms with Crippen molar-refractivity contribution in [1.82, 2.24) is 15.0 Å². The second kappa shape index (κ2) is 5.34. The second-order valence-corrected chi connectivity index (χ2v) is 4.81. The van der Waals surface area contributed by atoms with E-state index in [0.717, 1.165) is 25.7 Å². The van der Waals surface area contributed by atoms with Crippen molar-refractivity contribution < 1.29 is 5.11 Å². The molecule has 0 bridgehead atoms. The van der Waals surface area contributed by atoms with Crippen LogP contribution >= 0.6 is 0 Å². The first-order chi connectivity index (χ1) is 8.56. The van der Waals surface area contributed by atoms with E-state index in [2.05, 4.69) is 20.3 Å². The Morgan fingerprint density at radius 1 is 1.22 bits per heavy atom. The van der Waals surface area contributed by atoms with Gasteiger partial charge in [-0.15, -0.1) is 0 Å². The van der Waals surface area contributed by atoms with Crippen molar-refractivity contribution in [1.29, 1.82) is 0 Å². The molecule has 1 heterocycles. The Morgan fingerprint density at radius 3 is 2.61 bits per heavy atom. The summed E-state index contributed by atoms with van der Waals surface area (Å²) in [7, 11) is 3.68. The molecule has 1 saturated carbocycles. The zero-order valence-electron chi connectivity index (χ0n) is 10.8. The predicted octanol–water partition coefficient (Wildman–Crippen LogP) is 0.235. The SMILES string of the molecule is CN(C)c1nc(N)nc(NC2CCCCC2O)n1. The molecule has 2 rings (SSSR count). The molecule has 7 heteroatoms. The number of nitrogens with two attached hydrogens (primary N) is 1. The van der Waals surface area contributed by atoms with Gasteiger partial charge in [-0.2, -0.15) is 15.0 Å². The molecule has 0 amide bonds. The fourth-order valence-electron chi connectivity index (χ4n) is 2.09. The summed E-state index contributed by atoms with van der Waals surface area (Å²) in [5, 5.41) is 13.1. The number of hydrogen-bond acceptors (Lipinski definition) is 7. The van der Waals surface area contributed by atoms with Gasteiger partial charge in [0.05, 0.1) is 12.1 Å². The Labute approximate surface area is 106 Å². The number of aliphatic hydroxyl groups excluding tert-OH is 1. The number of aromatic nitrogens is 3. The van der Waals surface area contributed by atoms with Gasteiger partial charge in [0.15, 0.2) is 0 Å². The van der Waals surface area contributed by atoms with E-state index in [-0.39, 0.29) is 18.1 Å². The molecule has 1 aromatic rings. The average molecular weight is 252 g/mol. The minimum atomic E-state index is -0.348. The van der Waals surface area contributed by atoms with E-state index in [1.807, 2.05) is 14.1 Å². The van der Waals surface area contributed by atoms with E-state index in [4.69, 9.17) is 5.73 Å². The van der Waals surface area contributed by atoms with Crippen LogP contribution in [0.25, 0.3) is 0 Å². The molecule has 2 unspecified atom stereocenters. The molecule has 1 aliphatic rings. The maximum atomic E-state index is 9.90. The molecular formula is C11H20N6O. The van der Waals surface area contributed by atoms with Gasteiger partial charge in [-0.05, 0) is 12.8 Å². The highest BCUT2D eigenvalue weighted by atomic mass is 16.3. The highest BCUT2D eigenvalue weighted by Crippen LogP contribution is 2.21. The van der Waals surface area contributed by atoms with Gasteiger partial charge < -0.3 is 21.1 Å². The molecule has 1 aromatic heterocycles. The lowest BCUT2D eigenvalue weighted by atomic mass is 9.93. The summed E-state index contributed by atoms with van der Waals surface area (Å²) in [5.74, 6) is 1.12. The van der Waals surface area contributed by atoms with E-state index in [9.17, 15) is 5.11 Å². The van der Waals surface area contributed by atoms with Crippen LogP contribution in [-0.4, -0.2) is 46.3 Å². The third kappa shape index (κ3) is 2.98. The number of aliphatic hydroxyl groups is 1. The van der Waals surface area contributed by atoms with Crippen LogP contribution < -0.4 is 16.0 Å². The van der Waals surface area contributed by atoms with E-state index < -0.39 is 0 Å². The zero-order chi connectivity index (χ0) is 13.1. The molecule has 0 radical (unpaired) electrons. The molecule has 0 aromatic carbocycles. The summed E-state index contributed by atoms with van der Waals surface area (Å²) in [6.45, 7) is 0. The van der Waals surface area contributed by atoms with Crippen LogP contribution in [0.3, 0.4) is 0 Å². The monoisotopic (exact) mass is 252 g/mol. The van der Waals surface area contributed by atoms with Crippen LogP contribution in [0.15, 0.2) is 0 Å². The van der Waals surface area contributed by atoms with Crippen molar-refractivity contribution in [3.63, 3.8) is 0 Å². The van der Waals surface area contributed by atoms with Gasteiger partial charge in [0.2, 0.25) is 17.8 Å². The molecule has 0 spiro atoms. The second-order valence-electron chi connectivity index (χ2n) is 4.81. The lowest BCUT2D eigenvalue weighted by Gasteiger charge is -2.28. The number of nitrogens with one attached hydrogen (secondary N) is 1. The smallest absolute Gasteiger partial charge is 0.231 e. The zero-order valence-corrected chi connectivity index (χ0v) is 10.8. The molecule has 1 aliphatic carbocycles. The summed E-state index contributed by atoms with van der Waals surface area (Å²) in [6.07, 6.45) is 3.57. The summed E-state index contributed by atoms with van der Waals surface area (Å²) in [5.41, 5.74) is 5.65. The molecular weight excluding hydrogens is 232 g/mol. The fraction of sp³-hybridized carbons (Fsp3) is 0.727. The van der Waals surface area contributed by atoms with Crippen LogP contribution in [0.1, 0.15) is 25.7 Å². The molecule has 1 fully saturated rings. The Bertz CT molecular complexity index is 411. The van der Waals surface area contributed by atoms with Crippen molar-refractivity contribution in [2.24, 2.45) is 0 Å². The molecule has 0 saturated heterocycles. The van der Waals surface area contributed by atoms with E-state index in [0.29, 0.717) is 11.9 Å². The number of rotatable bonds is 3. The molecule has 0 aliphatic heterocycles. The van der Waals surface area contributed by atoms with E-state index >= 15 is 0 Å². The Hall–Kier alpha value is -1.63. The first kappa shape index (κ1) is 12.8. The van der Waals surface area contributed by atoms with Gasteiger partial charge in [-0.1, -0.05) is 12.8 Å². The topological polar surface area (TPSA) is 100 Å². The Kier molecular flexibility index (Phi) is 3.81. The van der Waals surface area contributed by atoms with Crippen molar-refractivity contribution in [2.45, 2.75) is 37.8 Å². The van der Waals surface area contributed by atoms with Crippen molar-refractivity contribution in [3.8, 4) is 0 Å². The standard InChI is InChI=1S/C11H20N6O/c1-17(2)11-15-9(12)14-10(16-11)13-7-5-3-4-6-8(7)18/h7-8,18H,3-6H2,1-2H3,(H3,12,13,14,15,16). The van der Waals surface area contributed by atoms with Gasteiger partial charge >= 0.3 is 0 Å². The first-order valence-corrected chi connectivity index (χ1v) is 6.20. The van der Waals surface area contributed by atoms with E-state index in [1.54, 1.807) is 4.90 Å². The Morgan fingerprint density at radius 2 is 1.94 bits per heavy atom. The molecule has 2 atom stereocenters. The van der Waals surface area contributed by atoms with Crippen LogP contribution in [0.2, 0.25) is 0 Å². The van der Waals surface area contributed by atoms with Gasteiger partial charge in [0, 0.05) is 14.1 Å². The van der Waals surface area contributed by atoms with Crippen LogP contribution in [0.4, 0.5) is 17.8 Å². The normalized spacial score (nSPS) is 23.7. The summed E-state index contributed by atoms with van der Waals surface area (Å²) in [4.78, 5) is 14.1. The van der Waals surface area contributed by atoms with Crippen molar-refractivity contribution in [2.75, 3.05) is 30.0 Å². The van der Waals surface area contributed by atoms with Crippen LogP contribution in [-0.2, 0) is 0 Å². The first-order valence-electron chi connectivity index (χ1n) is 6.20. The summed E-state index contributed by atoms with van der Waals surface area (Å²) >= 11 is 0. The van der Waals surface area contributed by atoms with Gasteiger partial charge in [-0.25, -0.2) is 0 Å². The molecule has 7 nitrogen and oxygen atoms in total. The largest absolute Gasteiger partial charge is 0.391 e. The third-order valence-electron chi connectivity index (χ3n) is 3.08. The summed E-state index contributed by atoms with van der Waals surface area (Å²) in [6, 6.07) is -0.00411. The quantitative estimate of drug-likeness (QED) is 0.708. The molecule has 18 heavy (non-hydrogen) atoms.